The van der Waals surface area contributed by atoms with Gasteiger partial charge in [0.15, 0.2) is 0 Å². The third-order valence-corrected chi connectivity index (χ3v) is 12.1. The number of aldehydes is 1. The summed E-state index contributed by atoms with van der Waals surface area (Å²) in [5, 5.41) is 46.8. The van der Waals surface area contributed by atoms with Crippen LogP contribution in [0.1, 0.15) is 123 Å². The molecule has 90 heavy (non-hydrogen) atoms. The number of nitrogens with one attached hydrogen (secondary N) is 4. The molecule has 3 aromatic rings. The molecule has 0 radical (unpaired) electrons. The molecule has 30 nitrogen and oxygen atoms in total. The van der Waals surface area contributed by atoms with Gasteiger partial charge in [-0.1, -0.05) is 0 Å². The van der Waals surface area contributed by atoms with Gasteiger partial charge >= 0.3 is 83.7 Å². The molecule has 9 N–H and O–H groups in total. The fourth-order valence-corrected chi connectivity index (χ4v) is 8.27. The van der Waals surface area contributed by atoms with Crippen LogP contribution in [0.25, 0.3) is 0 Å². The first kappa shape index (κ1) is 79.2. The number of carbonyl (C=O) groups is 12. The van der Waals surface area contributed by atoms with Crippen molar-refractivity contribution in [2.45, 2.75) is 115 Å². The van der Waals surface area contributed by atoms with Crippen LogP contribution in [0.2, 0.25) is 0 Å². The molecule has 6 atom stereocenters. The maximum atomic E-state index is 12.6. The van der Waals surface area contributed by atoms with E-state index in [-0.39, 0.29) is 118 Å². The van der Waals surface area contributed by atoms with Crippen molar-refractivity contribution in [1.29, 1.82) is 0 Å². The summed E-state index contributed by atoms with van der Waals surface area (Å²) in [6.07, 6.45) is -8.44. The number of nitrogens with zero attached hydrogens (tertiary/aromatic N) is 2. The summed E-state index contributed by atoms with van der Waals surface area (Å²) < 4.78 is 68.7. The Hall–Kier alpha value is -8.79. The number of hydrogen-bond donors (Lipinski definition) is 8. The van der Waals surface area contributed by atoms with E-state index in [1.54, 1.807) is 41.5 Å². The molecule has 0 aromatic heterocycles. The van der Waals surface area contributed by atoms with E-state index in [4.69, 9.17) is 48.2 Å². The van der Waals surface area contributed by atoms with Crippen LogP contribution in [-0.4, -0.2) is 217 Å². The number of esters is 2. The number of carbonyl (C=O) groups excluding carboxylic acids is 8. The number of benzene rings is 3. The number of alkyl halides is 3. The molecule has 3 fully saturated rings. The zero-order chi connectivity index (χ0) is 66.8. The second-order valence-electron chi connectivity index (χ2n) is 21.1. The number of methoxy groups -OCH3 is 2. The standard InChI is InChI=1S/C21H28N2O8.C19H24N2O8.C14H16N2O6.C2HF3O.Na.H2O/c1-21(2,3)31-20(27)23-11-15(10-16(23)19(26)29-6)30-14-8-12(17(24)22-4)7-13(9-14)18(25)28-5;1-19(2,3)29-18(27)21-9-13(8-14(21)17(25)26)28-12-6-10(15(22)20-4)5-11(7-12)16(23)24;1-15-12(17)7-2-8(13(18)19)4-9(3-7)22-10-5-11(14(20)21)16-6-10;3-2(4,5)1-6;;/h7-9,15-16H,10-11H2,1-6H3,(H,22,24);5-7,13-14H,8-9H2,1-4H3,(H,20,22)(H,23,24)(H,25,26);2-4,10-11,16H,5-6H2,1H3,(H,15,17)(H,18,19)(H,20,21);1H;;1H2/q;;;;+1;/p-1/t15-,16+;13-,14+;10-,11+;;;/m111.../s1. The van der Waals surface area contributed by atoms with Gasteiger partial charge in [0.2, 0.25) is 6.29 Å². The third-order valence-electron chi connectivity index (χ3n) is 12.1. The monoisotopic (exact) mass is 1290 g/mol. The number of halogens is 3. The molecule has 3 aromatic carbocycles. The Morgan fingerprint density at radius 1 is 0.533 bits per heavy atom. The van der Waals surface area contributed by atoms with Gasteiger partial charge in [-0.25, -0.2) is 33.6 Å². The zero-order valence-electron chi connectivity index (χ0n) is 51.0. The molecular weight excluding hydrogens is 1220 g/mol. The van der Waals surface area contributed by atoms with E-state index in [0.29, 0.717) is 6.54 Å². The summed E-state index contributed by atoms with van der Waals surface area (Å²) in [7, 11) is 6.77. The van der Waals surface area contributed by atoms with E-state index in [1.807, 2.05) is 0 Å². The Bertz CT molecular complexity index is 3060. The first-order valence-corrected chi connectivity index (χ1v) is 26.3. The number of rotatable bonds is 15. The second-order valence-corrected chi connectivity index (χ2v) is 21.1. The molecule has 0 spiro atoms. The van der Waals surface area contributed by atoms with E-state index in [2.05, 4.69) is 21.3 Å². The van der Waals surface area contributed by atoms with Crippen LogP contribution in [0.3, 0.4) is 0 Å². The van der Waals surface area contributed by atoms with Gasteiger partial charge in [0.05, 0.1) is 44.0 Å². The number of aromatic carboxylic acids is 2. The van der Waals surface area contributed by atoms with Crippen molar-refractivity contribution >= 4 is 72.0 Å². The molecule has 490 valence electrons. The summed E-state index contributed by atoms with van der Waals surface area (Å²) in [6.45, 7) is 10.5. The summed E-state index contributed by atoms with van der Waals surface area (Å²) in [5.41, 5.74) is -1.19. The number of ether oxygens (including phenoxy) is 7. The van der Waals surface area contributed by atoms with Crippen LogP contribution in [0.4, 0.5) is 22.8 Å². The van der Waals surface area contributed by atoms with Crippen molar-refractivity contribution in [3.8, 4) is 17.2 Å². The smallest absolute Gasteiger partial charge is 0.870 e. The van der Waals surface area contributed by atoms with Crippen molar-refractivity contribution in [1.82, 2.24) is 31.1 Å². The van der Waals surface area contributed by atoms with E-state index < -0.39 is 126 Å². The number of carboxylic acid groups (broad SMARTS) is 4. The Kier molecular flexibility index (Phi) is 30.7. The zero-order valence-corrected chi connectivity index (χ0v) is 53.0. The van der Waals surface area contributed by atoms with Crippen LogP contribution in [0.15, 0.2) is 54.6 Å². The van der Waals surface area contributed by atoms with E-state index in [9.17, 15) is 76.1 Å². The average molecular weight is 1290 g/mol. The number of likely N-dealkylation sites (tertiary alicyclic amines) is 2. The quantitative estimate of drug-likeness (QED) is 0.0453. The summed E-state index contributed by atoms with van der Waals surface area (Å²) in [6, 6.07) is 9.36. The van der Waals surface area contributed by atoms with Crippen LogP contribution in [-0.2, 0) is 38.1 Å². The maximum absolute atomic E-state index is 12.6. The Balaban J connectivity index is 0.000000644. The van der Waals surface area contributed by atoms with Crippen LogP contribution < -0.4 is 65.0 Å². The molecule has 34 heteroatoms. The SMILES string of the molecule is CNC(=O)c1cc(O[C@@H]2C[C@@H](C(=O)O)N(C(=O)OC(C)(C)C)C2)cc(C(=O)O)c1.CNC(=O)c1cc(O[C@@H]2C[C@@H](C(=O)OC)N(C(=O)OC(C)(C)C)C2)cc(C(=O)OC)c1.CNC(=O)c1cc(O[C@H]2CN[C@H](C(=O)O)C2)cc(C(=O)O)c1.O=CC(F)(F)F.[Na+].[OH-]. The first-order valence-electron chi connectivity index (χ1n) is 26.3. The number of aliphatic carboxylic acids is 2. The molecule has 5 amide bonds. The van der Waals surface area contributed by atoms with Crippen molar-refractivity contribution in [2.75, 3.05) is 55.0 Å². The molecule has 3 saturated heterocycles. The second kappa shape index (κ2) is 34.8. The van der Waals surface area contributed by atoms with Crippen molar-refractivity contribution in [3.05, 3.63) is 88.0 Å². The molecule has 6 rings (SSSR count). The normalized spacial score (nSPS) is 18.1. The Morgan fingerprint density at radius 2 is 0.878 bits per heavy atom. The molecule has 3 heterocycles. The average Bonchev–Trinajstić information content (AvgIpc) is 1.92. The van der Waals surface area contributed by atoms with Gasteiger partial charge in [-0.15, -0.1) is 0 Å². The van der Waals surface area contributed by atoms with Gasteiger partial charge in [-0.05, 0) is 96.1 Å². The molecule has 0 saturated carbocycles. The summed E-state index contributed by atoms with van der Waals surface area (Å²) >= 11 is 0. The minimum atomic E-state index is -4.64. The molecular formula is C56H70F3N6NaO24. The maximum Gasteiger partial charge on any atom is 1.00 e. The molecule has 0 unspecified atom stereocenters. The van der Waals surface area contributed by atoms with E-state index >= 15 is 0 Å². The van der Waals surface area contributed by atoms with Crippen molar-refractivity contribution in [2.24, 2.45) is 0 Å². The summed E-state index contributed by atoms with van der Waals surface area (Å²) in [5.74, 6) is -6.62. The third kappa shape index (κ3) is 25.0. The number of carboxylic acids is 4. The fourth-order valence-electron chi connectivity index (χ4n) is 8.27. The molecule has 3 aliphatic rings. The topological polar surface area (TPSA) is 435 Å². The van der Waals surface area contributed by atoms with Crippen LogP contribution in [0.5, 0.6) is 17.2 Å². The molecule has 3 aliphatic heterocycles. The predicted molar refractivity (Wildman–Crippen MR) is 298 cm³/mol. The van der Waals surface area contributed by atoms with Gasteiger partial charge in [-0.3, -0.25) is 33.8 Å². The Morgan fingerprint density at radius 3 is 1.19 bits per heavy atom. The molecule has 0 bridgehead atoms. The minimum absolute atomic E-state index is 0. The number of amides is 5. The van der Waals surface area contributed by atoms with Crippen LogP contribution in [0, 0.1) is 0 Å². The van der Waals surface area contributed by atoms with Crippen LogP contribution >= 0.6 is 0 Å². The van der Waals surface area contributed by atoms with Gasteiger partial charge in [0, 0.05) is 63.6 Å². The van der Waals surface area contributed by atoms with Gasteiger partial charge in [-0.2, -0.15) is 13.2 Å². The fraction of sp³-hybridized carbons (Fsp3) is 0.464. The van der Waals surface area contributed by atoms with Crippen molar-refractivity contribution < 1.29 is 159 Å². The largest absolute Gasteiger partial charge is 1.00 e. The van der Waals surface area contributed by atoms with E-state index in [0.717, 1.165) is 4.90 Å². The minimum Gasteiger partial charge on any atom is -0.870 e. The van der Waals surface area contributed by atoms with Gasteiger partial charge in [0.25, 0.3) is 17.7 Å². The number of hydrogen-bond acceptors (Lipinski definition) is 21. The molecule has 0 aliphatic carbocycles. The van der Waals surface area contributed by atoms with Gasteiger partial charge in [0.1, 0.15) is 64.9 Å². The van der Waals surface area contributed by atoms with Gasteiger partial charge < -0.3 is 80.3 Å². The predicted octanol–water partition coefficient (Wildman–Crippen LogP) is 0.862. The van der Waals surface area contributed by atoms with Crippen molar-refractivity contribution in [3.63, 3.8) is 0 Å². The van der Waals surface area contributed by atoms with E-state index in [1.165, 1.54) is 94.9 Å². The first-order chi connectivity index (χ1) is 40.9. The Labute approximate surface area is 534 Å². The summed E-state index contributed by atoms with van der Waals surface area (Å²) in [4.78, 5) is 141.